The Balaban J connectivity index is 2.66. The summed E-state index contributed by atoms with van der Waals surface area (Å²) in [4.78, 5) is 13.5. The van der Waals surface area contributed by atoms with Gasteiger partial charge in [-0.2, -0.15) is 5.26 Å². The van der Waals surface area contributed by atoms with E-state index in [0.29, 0.717) is 6.54 Å². The van der Waals surface area contributed by atoms with Crippen molar-refractivity contribution in [1.82, 2.24) is 4.90 Å². The summed E-state index contributed by atoms with van der Waals surface area (Å²) in [7, 11) is 0. The Morgan fingerprint density at radius 2 is 2.25 bits per heavy atom. The number of allylic oxidation sites excluding steroid dienone is 1. The molecule has 0 aliphatic carbocycles. The Kier molecular flexibility index (Phi) is 3.58. The van der Waals surface area contributed by atoms with Gasteiger partial charge in [0, 0.05) is 18.7 Å². The molecule has 88 valence electrons. The lowest BCUT2D eigenvalue weighted by atomic mass is 10.2. The molecule has 0 spiro atoms. The molecule has 1 fully saturated rings. The Morgan fingerprint density at radius 3 is 2.75 bits per heavy atom. The molecular weight excluding hydrogens is 204 g/mol. The number of nitriles is 1. The van der Waals surface area contributed by atoms with Gasteiger partial charge in [-0.25, -0.2) is 4.79 Å². The molecule has 16 heavy (non-hydrogen) atoms. The van der Waals surface area contributed by atoms with Gasteiger partial charge in [0.2, 0.25) is 0 Å². The molecule has 1 atom stereocenters. The van der Waals surface area contributed by atoms with Crippen LogP contribution in [0.5, 0.6) is 0 Å². The minimum atomic E-state index is -0.474. The van der Waals surface area contributed by atoms with E-state index >= 15 is 0 Å². The van der Waals surface area contributed by atoms with Crippen LogP contribution in [0.1, 0.15) is 34.1 Å². The van der Waals surface area contributed by atoms with Crippen molar-refractivity contribution in [2.45, 2.75) is 45.8 Å². The lowest BCUT2D eigenvalue weighted by Gasteiger charge is -2.26. The van der Waals surface area contributed by atoms with E-state index in [4.69, 9.17) is 10.00 Å². The summed E-state index contributed by atoms with van der Waals surface area (Å²) in [5.41, 5.74) is 0.513. The van der Waals surface area contributed by atoms with E-state index in [0.717, 1.165) is 12.0 Å². The van der Waals surface area contributed by atoms with Gasteiger partial charge < -0.3 is 9.64 Å². The number of nitrogens with zero attached hydrogens (tertiary/aromatic N) is 2. The van der Waals surface area contributed by atoms with Gasteiger partial charge in [0.25, 0.3) is 0 Å². The van der Waals surface area contributed by atoms with Gasteiger partial charge in [-0.15, -0.1) is 0 Å². The van der Waals surface area contributed by atoms with Crippen molar-refractivity contribution in [1.29, 1.82) is 5.26 Å². The van der Waals surface area contributed by atoms with Crippen molar-refractivity contribution in [2.24, 2.45) is 0 Å². The normalized spacial score (nSPS) is 23.3. The third kappa shape index (κ3) is 3.27. The standard InChI is InChI=1S/C12H18N2O2/c1-9-7-10(5-6-13)8-14(9)11(15)16-12(2,3)4/h5,9H,7-8H2,1-4H3/b10-5-/t9-/m0/s1. The average molecular weight is 222 g/mol. The highest BCUT2D eigenvalue weighted by Crippen LogP contribution is 2.24. The highest BCUT2D eigenvalue weighted by atomic mass is 16.6. The molecule has 4 heteroatoms. The lowest BCUT2D eigenvalue weighted by Crippen LogP contribution is -2.38. The maximum atomic E-state index is 11.8. The number of likely N-dealkylation sites (tertiary alicyclic amines) is 1. The monoisotopic (exact) mass is 222 g/mol. The van der Waals surface area contributed by atoms with Crippen LogP contribution in [-0.4, -0.2) is 29.2 Å². The van der Waals surface area contributed by atoms with Crippen LogP contribution >= 0.6 is 0 Å². The van der Waals surface area contributed by atoms with E-state index in [-0.39, 0.29) is 12.1 Å². The molecular formula is C12H18N2O2. The molecule has 1 heterocycles. The molecule has 1 saturated heterocycles. The maximum Gasteiger partial charge on any atom is 0.410 e. The quantitative estimate of drug-likeness (QED) is 0.591. The number of ether oxygens (including phenoxy) is 1. The first-order chi connectivity index (χ1) is 7.33. The van der Waals surface area contributed by atoms with Crippen molar-refractivity contribution in [2.75, 3.05) is 6.54 Å². The maximum absolute atomic E-state index is 11.8. The minimum Gasteiger partial charge on any atom is -0.444 e. The zero-order valence-corrected chi connectivity index (χ0v) is 10.3. The summed E-state index contributed by atoms with van der Waals surface area (Å²) in [5.74, 6) is 0. The summed E-state index contributed by atoms with van der Waals surface area (Å²) in [6.45, 7) is 8.00. The Labute approximate surface area is 96.5 Å². The van der Waals surface area contributed by atoms with Gasteiger partial charge in [-0.1, -0.05) is 0 Å². The molecule has 0 saturated carbocycles. The van der Waals surface area contributed by atoms with Crippen molar-refractivity contribution < 1.29 is 9.53 Å². The predicted molar refractivity (Wildman–Crippen MR) is 60.7 cm³/mol. The third-order valence-electron chi connectivity index (χ3n) is 2.36. The fourth-order valence-electron chi connectivity index (χ4n) is 1.69. The van der Waals surface area contributed by atoms with E-state index in [1.165, 1.54) is 6.08 Å². The first kappa shape index (κ1) is 12.6. The first-order valence-corrected chi connectivity index (χ1v) is 5.40. The molecule has 0 N–H and O–H groups in total. The number of amides is 1. The second kappa shape index (κ2) is 4.56. The average Bonchev–Trinajstić information content (AvgIpc) is 2.44. The van der Waals surface area contributed by atoms with E-state index in [1.54, 1.807) is 4.90 Å². The van der Waals surface area contributed by atoms with Crippen LogP contribution in [0.4, 0.5) is 4.79 Å². The van der Waals surface area contributed by atoms with Crippen LogP contribution in [0, 0.1) is 11.3 Å². The smallest absolute Gasteiger partial charge is 0.410 e. The highest BCUT2D eigenvalue weighted by molar-refractivity contribution is 5.69. The fourth-order valence-corrected chi connectivity index (χ4v) is 1.69. The number of hydrogen-bond donors (Lipinski definition) is 0. The molecule has 4 nitrogen and oxygen atoms in total. The SMILES string of the molecule is C[C@H]1C/C(=C/C#N)CN1C(=O)OC(C)(C)C. The van der Waals surface area contributed by atoms with Crippen LogP contribution in [0.3, 0.4) is 0 Å². The topological polar surface area (TPSA) is 53.3 Å². The van der Waals surface area contributed by atoms with Crippen LogP contribution in [0.25, 0.3) is 0 Å². The van der Waals surface area contributed by atoms with Crippen LogP contribution in [-0.2, 0) is 4.74 Å². The van der Waals surface area contributed by atoms with Gasteiger partial charge in [-0.05, 0) is 39.7 Å². The molecule has 1 aliphatic heterocycles. The summed E-state index contributed by atoms with van der Waals surface area (Å²) < 4.78 is 5.30. The van der Waals surface area contributed by atoms with E-state index in [9.17, 15) is 4.79 Å². The largest absolute Gasteiger partial charge is 0.444 e. The number of hydrogen-bond acceptors (Lipinski definition) is 3. The molecule has 0 bridgehead atoms. The van der Waals surface area contributed by atoms with Gasteiger partial charge in [0.15, 0.2) is 0 Å². The van der Waals surface area contributed by atoms with Crippen molar-refractivity contribution in [3.8, 4) is 6.07 Å². The number of rotatable bonds is 0. The summed E-state index contributed by atoms with van der Waals surface area (Å²) in [6, 6.07) is 2.10. The molecule has 0 aromatic carbocycles. The lowest BCUT2D eigenvalue weighted by molar-refractivity contribution is 0.0242. The molecule has 1 rings (SSSR count). The Bertz CT molecular complexity index is 347. The highest BCUT2D eigenvalue weighted by Gasteiger charge is 2.31. The molecule has 0 aromatic heterocycles. The third-order valence-corrected chi connectivity index (χ3v) is 2.36. The van der Waals surface area contributed by atoms with Gasteiger partial charge in [0.1, 0.15) is 5.60 Å². The molecule has 0 aromatic rings. The van der Waals surface area contributed by atoms with Crippen molar-refractivity contribution in [3.05, 3.63) is 11.6 Å². The van der Waals surface area contributed by atoms with E-state index in [2.05, 4.69) is 0 Å². The Hall–Kier alpha value is -1.50. The molecule has 1 amide bonds. The van der Waals surface area contributed by atoms with Gasteiger partial charge >= 0.3 is 6.09 Å². The van der Waals surface area contributed by atoms with Gasteiger partial charge in [0.05, 0.1) is 6.07 Å². The van der Waals surface area contributed by atoms with Gasteiger partial charge in [-0.3, -0.25) is 0 Å². The Morgan fingerprint density at radius 1 is 1.62 bits per heavy atom. The van der Waals surface area contributed by atoms with Crippen LogP contribution in [0.2, 0.25) is 0 Å². The van der Waals surface area contributed by atoms with Crippen molar-refractivity contribution in [3.63, 3.8) is 0 Å². The zero-order valence-electron chi connectivity index (χ0n) is 10.3. The second-order valence-corrected chi connectivity index (χ2v) is 5.09. The second-order valence-electron chi connectivity index (χ2n) is 5.09. The summed E-state index contributed by atoms with van der Waals surface area (Å²) in [6.07, 6.45) is 1.97. The van der Waals surface area contributed by atoms with Crippen molar-refractivity contribution >= 4 is 6.09 Å². The predicted octanol–water partition coefficient (Wildman–Crippen LogP) is 2.47. The minimum absolute atomic E-state index is 0.106. The summed E-state index contributed by atoms with van der Waals surface area (Å²) in [5, 5.41) is 8.56. The first-order valence-electron chi connectivity index (χ1n) is 5.40. The molecule has 0 unspecified atom stereocenters. The molecule has 1 aliphatic rings. The van der Waals surface area contributed by atoms with E-state index < -0.39 is 5.60 Å². The number of carbonyl (C=O) groups excluding carboxylic acids is 1. The fraction of sp³-hybridized carbons (Fsp3) is 0.667. The molecule has 0 radical (unpaired) electrons. The zero-order chi connectivity index (χ0) is 12.3. The summed E-state index contributed by atoms with van der Waals surface area (Å²) >= 11 is 0. The van der Waals surface area contributed by atoms with Crippen LogP contribution < -0.4 is 0 Å². The van der Waals surface area contributed by atoms with Crippen LogP contribution in [0.15, 0.2) is 11.6 Å². The number of carbonyl (C=O) groups is 1. The van der Waals surface area contributed by atoms with E-state index in [1.807, 2.05) is 33.8 Å².